The molecule has 0 saturated heterocycles. The molecule has 118 valence electrons. The quantitative estimate of drug-likeness (QED) is 0.785. The third-order valence-corrected chi connectivity index (χ3v) is 5.26. The molecule has 0 unspecified atom stereocenters. The molecule has 0 radical (unpaired) electrons. The summed E-state index contributed by atoms with van der Waals surface area (Å²) in [6.07, 6.45) is 0.375. The van der Waals surface area contributed by atoms with E-state index in [0.29, 0.717) is 13.0 Å². The maximum absolute atomic E-state index is 12.3. The van der Waals surface area contributed by atoms with E-state index in [2.05, 4.69) is 41.7 Å². The van der Waals surface area contributed by atoms with Gasteiger partial charge >= 0.3 is 0 Å². The molecule has 0 atom stereocenters. The molecular weight excluding hydrogens is 304 g/mol. The number of nitrogens with zero attached hydrogens (tertiary/aromatic N) is 1. The highest BCUT2D eigenvalue weighted by atomic mass is 32.1. The summed E-state index contributed by atoms with van der Waals surface area (Å²) in [5.41, 5.74) is 5.33. The maximum atomic E-state index is 12.3. The Morgan fingerprint density at radius 2 is 1.96 bits per heavy atom. The summed E-state index contributed by atoms with van der Waals surface area (Å²) >= 11 is 1.68. The molecule has 0 spiro atoms. The lowest BCUT2D eigenvalue weighted by Crippen LogP contribution is -2.25. The summed E-state index contributed by atoms with van der Waals surface area (Å²) in [6.45, 7) is 6.72. The van der Waals surface area contributed by atoms with E-state index in [1.165, 1.54) is 10.4 Å². The third-order valence-electron chi connectivity index (χ3n) is 4.24. The van der Waals surface area contributed by atoms with Gasteiger partial charge in [-0.2, -0.15) is 0 Å². The Morgan fingerprint density at radius 1 is 1.17 bits per heavy atom. The Morgan fingerprint density at radius 3 is 2.70 bits per heavy atom. The van der Waals surface area contributed by atoms with Gasteiger partial charge in [0.25, 0.3) is 0 Å². The standard InChI is InChI=1S/C19H20N2OS/c1-12-8-9-23-18(12)11-20-19(22)10-16-13(2)15-6-4-5-7-17(15)21-14(16)3/h4-9H,10-11H2,1-3H3,(H,20,22). The van der Waals surface area contributed by atoms with Gasteiger partial charge in [-0.25, -0.2) is 0 Å². The second-order valence-electron chi connectivity index (χ2n) is 5.80. The molecule has 1 aromatic carbocycles. The highest BCUT2D eigenvalue weighted by Gasteiger charge is 2.13. The van der Waals surface area contributed by atoms with Gasteiger partial charge in [-0.05, 0) is 55.0 Å². The number of para-hydroxylation sites is 1. The van der Waals surface area contributed by atoms with Crippen LogP contribution in [0.25, 0.3) is 10.9 Å². The van der Waals surface area contributed by atoms with Gasteiger partial charge in [-0.15, -0.1) is 11.3 Å². The number of hydrogen-bond acceptors (Lipinski definition) is 3. The minimum absolute atomic E-state index is 0.0427. The third kappa shape index (κ3) is 3.27. The van der Waals surface area contributed by atoms with Crippen molar-refractivity contribution in [3.63, 3.8) is 0 Å². The Kier molecular flexibility index (Phi) is 4.44. The molecule has 3 nitrogen and oxygen atoms in total. The fourth-order valence-electron chi connectivity index (χ4n) is 2.82. The summed E-state index contributed by atoms with van der Waals surface area (Å²) in [5, 5.41) is 6.19. The summed E-state index contributed by atoms with van der Waals surface area (Å²) < 4.78 is 0. The first kappa shape index (κ1) is 15.7. The summed E-state index contributed by atoms with van der Waals surface area (Å²) in [4.78, 5) is 18.2. The number of amides is 1. The normalized spacial score (nSPS) is 10.9. The molecule has 0 aliphatic carbocycles. The number of aromatic nitrogens is 1. The van der Waals surface area contributed by atoms with Crippen molar-refractivity contribution in [2.45, 2.75) is 33.7 Å². The van der Waals surface area contributed by atoms with Gasteiger partial charge in [-0.1, -0.05) is 18.2 Å². The largest absolute Gasteiger partial charge is 0.351 e. The van der Waals surface area contributed by atoms with Crippen molar-refractivity contribution in [1.82, 2.24) is 10.3 Å². The number of hydrogen-bond donors (Lipinski definition) is 1. The molecule has 3 aromatic rings. The van der Waals surface area contributed by atoms with Crippen molar-refractivity contribution in [2.24, 2.45) is 0 Å². The highest BCUT2D eigenvalue weighted by molar-refractivity contribution is 7.10. The van der Waals surface area contributed by atoms with Gasteiger partial charge in [0.15, 0.2) is 0 Å². The van der Waals surface area contributed by atoms with Crippen molar-refractivity contribution in [3.8, 4) is 0 Å². The number of thiophene rings is 1. The molecule has 2 heterocycles. The van der Waals surface area contributed by atoms with E-state index in [9.17, 15) is 4.79 Å². The van der Waals surface area contributed by atoms with Gasteiger partial charge in [0.1, 0.15) is 0 Å². The Bertz CT molecular complexity index is 867. The van der Waals surface area contributed by atoms with Crippen molar-refractivity contribution in [3.05, 3.63) is 63.0 Å². The van der Waals surface area contributed by atoms with Crippen molar-refractivity contribution >= 4 is 28.1 Å². The van der Waals surface area contributed by atoms with Crippen LogP contribution in [0.2, 0.25) is 0 Å². The molecule has 0 fully saturated rings. The lowest BCUT2D eigenvalue weighted by molar-refractivity contribution is -0.120. The number of aryl methyl sites for hydroxylation is 3. The van der Waals surface area contributed by atoms with Crippen molar-refractivity contribution in [2.75, 3.05) is 0 Å². The van der Waals surface area contributed by atoms with Gasteiger partial charge in [0, 0.05) is 16.0 Å². The molecular formula is C19H20N2OS. The molecule has 0 saturated carbocycles. The van der Waals surface area contributed by atoms with E-state index in [1.54, 1.807) is 11.3 Å². The molecule has 23 heavy (non-hydrogen) atoms. The van der Waals surface area contributed by atoms with Crippen LogP contribution in [0, 0.1) is 20.8 Å². The molecule has 0 aliphatic rings. The average Bonchev–Trinajstić information content (AvgIpc) is 2.94. The van der Waals surface area contributed by atoms with E-state index in [1.807, 2.05) is 25.1 Å². The van der Waals surface area contributed by atoms with Crippen molar-refractivity contribution in [1.29, 1.82) is 0 Å². The molecule has 0 aliphatic heterocycles. The maximum Gasteiger partial charge on any atom is 0.224 e. The minimum atomic E-state index is 0.0427. The number of carbonyl (C=O) groups is 1. The van der Waals surface area contributed by atoms with Gasteiger partial charge in [-0.3, -0.25) is 9.78 Å². The monoisotopic (exact) mass is 324 g/mol. The first-order valence-electron chi connectivity index (χ1n) is 7.70. The number of pyridine rings is 1. The van der Waals surface area contributed by atoms with Crippen LogP contribution in [0.3, 0.4) is 0 Å². The molecule has 2 aromatic heterocycles. The SMILES string of the molecule is Cc1ccsc1CNC(=O)Cc1c(C)nc2ccccc2c1C. The van der Waals surface area contributed by atoms with Gasteiger partial charge in [0.05, 0.1) is 18.5 Å². The van der Waals surface area contributed by atoms with Crippen LogP contribution in [0.15, 0.2) is 35.7 Å². The second-order valence-corrected chi connectivity index (χ2v) is 6.80. The van der Waals surface area contributed by atoms with Crippen LogP contribution in [0.1, 0.15) is 27.3 Å². The molecule has 1 amide bonds. The van der Waals surface area contributed by atoms with E-state index >= 15 is 0 Å². The minimum Gasteiger partial charge on any atom is -0.351 e. The first-order valence-corrected chi connectivity index (χ1v) is 8.58. The van der Waals surface area contributed by atoms with Crippen LogP contribution < -0.4 is 5.32 Å². The predicted molar refractivity (Wildman–Crippen MR) is 95.8 cm³/mol. The van der Waals surface area contributed by atoms with Crippen LogP contribution in [-0.4, -0.2) is 10.9 Å². The number of carbonyl (C=O) groups excluding carboxylic acids is 1. The van der Waals surface area contributed by atoms with Crippen LogP contribution in [0.4, 0.5) is 0 Å². The molecule has 3 rings (SSSR count). The smallest absolute Gasteiger partial charge is 0.224 e. The zero-order chi connectivity index (χ0) is 16.4. The van der Waals surface area contributed by atoms with E-state index in [-0.39, 0.29) is 5.91 Å². The summed E-state index contributed by atoms with van der Waals surface area (Å²) in [7, 11) is 0. The predicted octanol–water partition coefficient (Wildman–Crippen LogP) is 4.08. The Hall–Kier alpha value is -2.20. The van der Waals surface area contributed by atoms with Crippen molar-refractivity contribution < 1.29 is 4.79 Å². The van der Waals surface area contributed by atoms with Gasteiger partial charge in [0.2, 0.25) is 5.91 Å². The van der Waals surface area contributed by atoms with E-state index in [0.717, 1.165) is 27.7 Å². The van der Waals surface area contributed by atoms with Gasteiger partial charge < -0.3 is 5.32 Å². The fourth-order valence-corrected chi connectivity index (χ4v) is 3.66. The lowest BCUT2D eigenvalue weighted by atomic mass is 9.99. The van der Waals surface area contributed by atoms with Crippen LogP contribution in [0.5, 0.6) is 0 Å². The lowest BCUT2D eigenvalue weighted by Gasteiger charge is -2.12. The van der Waals surface area contributed by atoms with E-state index in [4.69, 9.17) is 0 Å². The van der Waals surface area contributed by atoms with E-state index < -0.39 is 0 Å². The Labute approximate surface area is 140 Å². The van der Waals surface area contributed by atoms with Crippen LogP contribution in [-0.2, 0) is 17.8 Å². The summed E-state index contributed by atoms with van der Waals surface area (Å²) in [6, 6.07) is 10.2. The molecule has 4 heteroatoms. The second kappa shape index (κ2) is 6.50. The highest BCUT2D eigenvalue weighted by Crippen LogP contribution is 2.23. The topological polar surface area (TPSA) is 42.0 Å². The number of rotatable bonds is 4. The number of benzene rings is 1. The first-order chi connectivity index (χ1) is 11.1. The zero-order valence-electron chi connectivity index (χ0n) is 13.6. The average molecular weight is 324 g/mol. The molecule has 1 N–H and O–H groups in total. The number of nitrogens with one attached hydrogen (secondary N) is 1. The summed E-state index contributed by atoms with van der Waals surface area (Å²) in [5.74, 6) is 0.0427. The Balaban J connectivity index is 1.78. The fraction of sp³-hybridized carbons (Fsp3) is 0.263. The number of fused-ring (bicyclic) bond motifs is 1. The zero-order valence-corrected chi connectivity index (χ0v) is 14.5. The molecule has 0 bridgehead atoms. The van der Waals surface area contributed by atoms with Crippen LogP contribution >= 0.6 is 11.3 Å².